The van der Waals surface area contributed by atoms with E-state index >= 15 is 0 Å². The number of hydrogen-bond acceptors (Lipinski definition) is 5. The molecule has 1 amide bonds. The van der Waals surface area contributed by atoms with Crippen LogP contribution in [0, 0.1) is 0 Å². The topological polar surface area (TPSA) is 72.7 Å². The van der Waals surface area contributed by atoms with Gasteiger partial charge in [0.05, 0.1) is 12.2 Å². The second-order valence-corrected chi connectivity index (χ2v) is 8.05. The van der Waals surface area contributed by atoms with E-state index in [9.17, 15) is 4.79 Å². The molecule has 1 aliphatic heterocycles. The Kier molecular flexibility index (Phi) is 7.79. The lowest BCUT2D eigenvalue weighted by molar-refractivity contribution is -0.122. The molecule has 33 heavy (non-hydrogen) atoms. The van der Waals surface area contributed by atoms with Crippen molar-refractivity contribution in [1.82, 2.24) is 10.3 Å². The number of amidine groups is 1. The van der Waals surface area contributed by atoms with Crippen molar-refractivity contribution in [1.29, 1.82) is 0 Å². The average molecular weight is 461 g/mol. The van der Waals surface area contributed by atoms with Crippen LogP contribution in [-0.4, -0.2) is 49.4 Å². The maximum absolute atomic E-state index is 12.5. The first-order chi connectivity index (χ1) is 16.2. The number of nitrogens with one attached hydrogen (secondary N) is 1. The van der Waals surface area contributed by atoms with Gasteiger partial charge in [-0.05, 0) is 36.4 Å². The minimum Gasteiger partial charge on any atom is -0.369 e. The second kappa shape index (κ2) is 11.4. The monoisotopic (exact) mass is 460 g/mol. The number of carbonyl (C=O) groups excluding carboxylic acids is 1. The molecule has 0 unspecified atom stereocenters. The zero-order valence-corrected chi connectivity index (χ0v) is 18.9. The Labute approximate surface area is 198 Å². The van der Waals surface area contributed by atoms with Gasteiger partial charge in [-0.3, -0.25) is 9.69 Å². The van der Waals surface area contributed by atoms with Crippen molar-refractivity contribution in [2.24, 2.45) is 15.3 Å². The molecule has 1 heterocycles. The molecule has 0 spiro atoms. The summed E-state index contributed by atoms with van der Waals surface area (Å²) in [6.07, 6.45) is 0. The summed E-state index contributed by atoms with van der Waals surface area (Å²) in [5.74, 6) is 0.145. The van der Waals surface area contributed by atoms with E-state index in [-0.39, 0.29) is 12.5 Å². The van der Waals surface area contributed by atoms with E-state index in [1.54, 1.807) is 24.3 Å². The van der Waals surface area contributed by atoms with Gasteiger partial charge in [0, 0.05) is 42.5 Å². The first-order valence-corrected chi connectivity index (χ1v) is 11.2. The van der Waals surface area contributed by atoms with Crippen molar-refractivity contribution in [2.75, 3.05) is 37.6 Å². The molecule has 0 atom stereocenters. The summed E-state index contributed by atoms with van der Waals surface area (Å²) in [4.78, 5) is 17.0. The van der Waals surface area contributed by atoms with Crippen molar-refractivity contribution in [3.8, 4) is 0 Å². The molecule has 0 aliphatic carbocycles. The summed E-state index contributed by atoms with van der Waals surface area (Å²) >= 11 is 5.92. The van der Waals surface area contributed by atoms with Gasteiger partial charge in [-0.15, -0.1) is 10.2 Å². The van der Waals surface area contributed by atoms with Crippen molar-refractivity contribution in [3.63, 3.8) is 0 Å². The number of hydrazone groups is 1. The molecule has 3 aromatic rings. The van der Waals surface area contributed by atoms with E-state index in [4.69, 9.17) is 11.6 Å². The van der Waals surface area contributed by atoms with Crippen molar-refractivity contribution in [3.05, 3.63) is 95.5 Å². The molecular formula is C25H25ClN6O. The average Bonchev–Trinajstić information content (AvgIpc) is 2.87. The standard InChI is InChI=1S/C25H25ClN6O/c26-21-11-13-22(14-12-21)27-29-25(20-7-3-1-4-8-20)30-28-24(33)19-31-15-17-32(18-16-31)23-9-5-2-6-10-23/h1-14H,15-19H2,(H,28,33). The van der Waals surface area contributed by atoms with Crippen LogP contribution in [0.5, 0.6) is 0 Å². The normalized spacial score (nSPS) is 15.1. The Morgan fingerprint density at radius 1 is 0.848 bits per heavy atom. The molecule has 1 fully saturated rings. The molecule has 168 valence electrons. The fraction of sp³-hybridized carbons (Fsp3) is 0.200. The van der Waals surface area contributed by atoms with Crippen LogP contribution in [-0.2, 0) is 4.79 Å². The van der Waals surface area contributed by atoms with Crippen LogP contribution >= 0.6 is 11.6 Å². The fourth-order valence-electron chi connectivity index (χ4n) is 3.50. The molecule has 8 heteroatoms. The van der Waals surface area contributed by atoms with E-state index in [0.29, 0.717) is 16.5 Å². The third kappa shape index (κ3) is 6.71. The van der Waals surface area contributed by atoms with Gasteiger partial charge in [0.25, 0.3) is 5.91 Å². The summed E-state index contributed by atoms with van der Waals surface area (Å²) in [6, 6.07) is 26.8. The molecule has 0 bridgehead atoms. The second-order valence-electron chi connectivity index (χ2n) is 7.61. The molecule has 7 nitrogen and oxygen atoms in total. The van der Waals surface area contributed by atoms with E-state index in [1.165, 1.54) is 5.69 Å². The summed E-state index contributed by atoms with van der Waals surface area (Å²) in [5.41, 5.74) is 5.25. The number of hydrogen-bond donors (Lipinski definition) is 1. The summed E-state index contributed by atoms with van der Waals surface area (Å²) < 4.78 is 0. The van der Waals surface area contributed by atoms with Gasteiger partial charge in [0.2, 0.25) is 5.84 Å². The Morgan fingerprint density at radius 3 is 2.15 bits per heavy atom. The minimum atomic E-state index is -0.182. The highest BCUT2D eigenvalue weighted by atomic mass is 35.5. The fourth-order valence-corrected chi connectivity index (χ4v) is 3.63. The van der Waals surface area contributed by atoms with Crippen LogP contribution < -0.4 is 10.3 Å². The summed E-state index contributed by atoms with van der Waals surface area (Å²) in [7, 11) is 0. The van der Waals surface area contributed by atoms with Gasteiger partial charge in [0.1, 0.15) is 0 Å². The largest absolute Gasteiger partial charge is 0.369 e. The minimum absolute atomic E-state index is 0.182. The maximum Gasteiger partial charge on any atom is 0.254 e. The zero-order chi connectivity index (χ0) is 22.9. The highest BCUT2D eigenvalue weighted by molar-refractivity contribution is 6.30. The molecule has 1 saturated heterocycles. The number of azo groups is 1. The first-order valence-electron chi connectivity index (χ1n) is 10.8. The van der Waals surface area contributed by atoms with Crippen LogP contribution in [0.4, 0.5) is 11.4 Å². The van der Waals surface area contributed by atoms with E-state index in [0.717, 1.165) is 31.7 Å². The Balaban J connectivity index is 1.36. The number of rotatable bonds is 6. The van der Waals surface area contributed by atoms with Gasteiger partial charge >= 0.3 is 0 Å². The van der Waals surface area contributed by atoms with Gasteiger partial charge in [-0.2, -0.15) is 5.10 Å². The molecule has 3 aromatic carbocycles. The summed E-state index contributed by atoms with van der Waals surface area (Å²) in [6.45, 7) is 3.67. The number of halogens is 1. The Bertz CT molecular complexity index is 1090. The predicted octanol–water partition coefficient (Wildman–Crippen LogP) is 4.72. The number of nitrogens with zero attached hydrogens (tertiary/aromatic N) is 5. The maximum atomic E-state index is 12.5. The number of amides is 1. The number of para-hydroxylation sites is 1. The van der Waals surface area contributed by atoms with Gasteiger partial charge in [-0.1, -0.05) is 60.1 Å². The van der Waals surface area contributed by atoms with Crippen molar-refractivity contribution in [2.45, 2.75) is 0 Å². The molecule has 0 radical (unpaired) electrons. The summed E-state index contributed by atoms with van der Waals surface area (Å²) in [5, 5.41) is 13.4. The van der Waals surface area contributed by atoms with E-state index in [2.05, 4.69) is 42.7 Å². The smallest absolute Gasteiger partial charge is 0.254 e. The Morgan fingerprint density at radius 2 is 1.48 bits per heavy atom. The van der Waals surface area contributed by atoms with E-state index < -0.39 is 0 Å². The SMILES string of the molecule is O=C(CN1CCN(c2ccccc2)CC1)NN=C(N=Nc1ccc(Cl)cc1)c1ccccc1. The zero-order valence-electron chi connectivity index (χ0n) is 18.1. The number of piperazine rings is 1. The van der Waals surface area contributed by atoms with Crippen molar-refractivity contribution >= 4 is 34.7 Å². The van der Waals surface area contributed by atoms with Crippen LogP contribution in [0.15, 0.2) is 100 Å². The van der Waals surface area contributed by atoms with Gasteiger partial charge < -0.3 is 4.90 Å². The van der Waals surface area contributed by atoms with Crippen LogP contribution in [0.1, 0.15) is 5.56 Å². The molecule has 1 aliphatic rings. The Hall–Kier alpha value is -3.55. The van der Waals surface area contributed by atoms with Crippen molar-refractivity contribution < 1.29 is 4.79 Å². The van der Waals surface area contributed by atoms with E-state index in [1.807, 2.05) is 48.5 Å². The lowest BCUT2D eigenvalue weighted by Crippen LogP contribution is -2.49. The molecule has 1 N–H and O–H groups in total. The van der Waals surface area contributed by atoms with Crippen LogP contribution in [0.25, 0.3) is 0 Å². The van der Waals surface area contributed by atoms with Gasteiger partial charge in [0.15, 0.2) is 0 Å². The number of benzene rings is 3. The molecule has 4 rings (SSSR count). The molecular weight excluding hydrogens is 436 g/mol. The first kappa shape index (κ1) is 22.6. The number of anilines is 1. The highest BCUT2D eigenvalue weighted by Gasteiger charge is 2.19. The third-order valence-corrected chi connectivity index (χ3v) is 5.52. The quantitative estimate of drug-likeness (QED) is 0.250. The number of carbonyl (C=O) groups is 1. The highest BCUT2D eigenvalue weighted by Crippen LogP contribution is 2.17. The lowest BCUT2D eigenvalue weighted by Gasteiger charge is -2.35. The van der Waals surface area contributed by atoms with Crippen LogP contribution in [0.3, 0.4) is 0 Å². The predicted molar refractivity (Wildman–Crippen MR) is 132 cm³/mol. The van der Waals surface area contributed by atoms with Crippen LogP contribution in [0.2, 0.25) is 5.02 Å². The van der Waals surface area contributed by atoms with Gasteiger partial charge in [-0.25, -0.2) is 5.43 Å². The third-order valence-electron chi connectivity index (χ3n) is 5.27. The lowest BCUT2D eigenvalue weighted by atomic mass is 10.2. The molecule has 0 saturated carbocycles. The molecule has 0 aromatic heterocycles.